The molecule has 2 rings (SSSR count). The van der Waals surface area contributed by atoms with Crippen molar-refractivity contribution in [2.45, 2.75) is 52.6 Å². The van der Waals surface area contributed by atoms with Gasteiger partial charge in [0.25, 0.3) is 0 Å². The van der Waals surface area contributed by atoms with E-state index in [1.807, 2.05) is 12.1 Å². The topological polar surface area (TPSA) is 58.4 Å². The first-order valence-electron chi connectivity index (χ1n) is 8.81. The SMILES string of the molecule is CC(C)C[C@H](N)C(=O)Nc1ccc(CN2CCC(C)CC2)cc1.Cl.Cl. The molecule has 0 bridgehead atoms. The minimum atomic E-state index is -0.440. The van der Waals surface area contributed by atoms with Crippen LogP contribution in [-0.4, -0.2) is 29.9 Å². The molecule has 0 spiro atoms. The van der Waals surface area contributed by atoms with E-state index in [0.717, 1.165) is 18.2 Å². The summed E-state index contributed by atoms with van der Waals surface area (Å²) in [6, 6.07) is 7.71. The molecule has 144 valence electrons. The first-order valence-corrected chi connectivity index (χ1v) is 8.81. The molecule has 1 fully saturated rings. The van der Waals surface area contributed by atoms with Crippen LogP contribution >= 0.6 is 24.8 Å². The lowest BCUT2D eigenvalue weighted by Gasteiger charge is -2.30. The molecule has 1 atom stereocenters. The maximum absolute atomic E-state index is 12.0. The van der Waals surface area contributed by atoms with Gasteiger partial charge in [-0.1, -0.05) is 32.9 Å². The number of hydrogen-bond donors (Lipinski definition) is 2. The van der Waals surface area contributed by atoms with Crippen molar-refractivity contribution in [1.29, 1.82) is 0 Å². The van der Waals surface area contributed by atoms with Crippen LogP contribution in [0.15, 0.2) is 24.3 Å². The predicted octanol–water partition coefficient (Wildman–Crippen LogP) is 4.07. The van der Waals surface area contributed by atoms with Gasteiger partial charge in [0.15, 0.2) is 0 Å². The van der Waals surface area contributed by atoms with E-state index in [0.29, 0.717) is 12.3 Å². The average molecular weight is 390 g/mol. The first-order chi connectivity index (χ1) is 10.9. The third kappa shape index (κ3) is 8.41. The third-order valence-electron chi connectivity index (χ3n) is 4.57. The van der Waals surface area contributed by atoms with Gasteiger partial charge in [-0.2, -0.15) is 0 Å². The fourth-order valence-corrected chi connectivity index (χ4v) is 3.02. The van der Waals surface area contributed by atoms with E-state index in [4.69, 9.17) is 5.73 Å². The molecule has 0 unspecified atom stereocenters. The predicted molar refractivity (Wildman–Crippen MR) is 111 cm³/mol. The number of nitrogens with two attached hydrogens (primary N) is 1. The van der Waals surface area contributed by atoms with Gasteiger partial charge in [-0.15, -0.1) is 24.8 Å². The van der Waals surface area contributed by atoms with Gasteiger partial charge in [-0.3, -0.25) is 9.69 Å². The highest BCUT2D eigenvalue weighted by atomic mass is 35.5. The number of halogens is 2. The molecule has 0 aliphatic carbocycles. The Morgan fingerprint density at radius 3 is 2.28 bits per heavy atom. The number of benzene rings is 1. The molecular weight excluding hydrogens is 357 g/mol. The van der Waals surface area contributed by atoms with Gasteiger partial charge in [-0.25, -0.2) is 0 Å². The average Bonchev–Trinajstić information content (AvgIpc) is 2.51. The number of rotatable bonds is 6. The van der Waals surface area contributed by atoms with Crippen molar-refractivity contribution in [2.75, 3.05) is 18.4 Å². The van der Waals surface area contributed by atoms with Crippen molar-refractivity contribution < 1.29 is 4.79 Å². The van der Waals surface area contributed by atoms with Crippen LogP contribution in [0.25, 0.3) is 0 Å². The molecule has 0 radical (unpaired) electrons. The Morgan fingerprint density at radius 1 is 1.20 bits per heavy atom. The van der Waals surface area contributed by atoms with E-state index in [1.54, 1.807) is 0 Å². The Balaban J connectivity index is 0.00000288. The zero-order chi connectivity index (χ0) is 16.8. The number of anilines is 1. The van der Waals surface area contributed by atoms with Crippen LogP contribution in [0.4, 0.5) is 5.69 Å². The smallest absolute Gasteiger partial charge is 0.241 e. The lowest BCUT2D eigenvalue weighted by molar-refractivity contribution is -0.117. The summed E-state index contributed by atoms with van der Waals surface area (Å²) in [6.07, 6.45) is 3.29. The van der Waals surface area contributed by atoms with Gasteiger partial charge < -0.3 is 11.1 Å². The number of carbonyl (C=O) groups excluding carboxylic acids is 1. The quantitative estimate of drug-likeness (QED) is 0.770. The second kappa shape index (κ2) is 11.7. The molecule has 25 heavy (non-hydrogen) atoms. The Hall–Kier alpha value is -0.810. The Labute approximate surface area is 164 Å². The maximum Gasteiger partial charge on any atom is 0.241 e. The van der Waals surface area contributed by atoms with Gasteiger partial charge >= 0.3 is 0 Å². The molecule has 1 aliphatic heterocycles. The van der Waals surface area contributed by atoms with Crippen LogP contribution in [0.1, 0.15) is 45.6 Å². The van der Waals surface area contributed by atoms with Gasteiger partial charge in [-0.05, 0) is 61.9 Å². The Morgan fingerprint density at radius 2 is 1.76 bits per heavy atom. The summed E-state index contributed by atoms with van der Waals surface area (Å²) in [5.74, 6) is 1.18. The summed E-state index contributed by atoms with van der Waals surface area (Å²) in [7, 11) is 0. The van der Waals surface area contributed by atoms with Crippen LogP contribution in [0.5, 0.6) is 0 Å². The first kappa shape index (κ1) is 24.2. The van der Waals surface area contributed by atoms with E-state index in [-0.39, 0.29) is 30.7 Å². The standard InChI is InChI=1S/C19H31N3O.2ClH/c1-14(2)12-18(20)19(23)21-17-6-4-16(5-7-17)13-22-10-8-15(3)9-11-22;;/h4-7,14-15,18H,8-13,20H2,1-3H3,(H,21,23);2*1H/t18-;;/m0../s1. The monoisotopic (exact) mass is 389 g/mol. The largest absolute Gasteiger partial charge is 0.325 e. The van der Waals surface area contributed by atoms with Crippen molar-refractivity contribution >= 4 is 36.4 Å². The molecule has 1 heterocycles. The Kier molecular flexibility index (Phi) is 11.4. The molecule has 1 amide bonds. The molecule has 0 aromatic heterocycles. The highest BCUT2D eigenvalue weighted by Gasteiger charge is 2.16. The van der Waals surface area contributed by atoms with Gasteiger partial charge in [0, 0.05) is 12.2 Å². The zero-order valence-corrected chi connectivity index (χ0v) is 17.2. The Bertz CT molecular complexity index is 500. The van der Waals surface area contributed by atoms with Crippen molar-refractivity contribution in [3.05, 3.63) is 29.8 Å². The third-order valence-corrected chi connectivity index (χ3v) is 4.57. The van der Waals surface area contributed by atoms with E-state index < -0.39 is 6.04 Å². The van der Waals surface area contributed by atoms with Crippen LogP contribution in [-0.2, 0) is 11.3 Å². The highest BCUT2D eigenvalue weighted by molar-refractivity contribution is 5.94. The molecule has 1 saturated heterocycles. The number of nitrogens with zero attached hydrogens (tertiary/aromatic N) is 1. The van der Waals surface area contributed by atoms with E-state index >= 15 is 0 Å². The maximum atomic E-state index is 12.0. The molecule has 3 N–H and O–H groups in total. The van der Waals surface area contributed by atoms with Gasteiger partial charge in [0.1, 0.15) is 0 Å². The summed E-state index contributed by atoms with van der Waals surface area (Å²) in [4.78, 5) is 14.5. The van der Waals surface area contributed by atoms with Gasteiger partial charge in [0.05, 0.1) is 6.04 Å². The second-order valence-electron chi connectivity index (χ2n) is 7.38. The molecule has 1 aromatic carbocycles. The summed E-state index contributed by atoms with van der Waals surface area (Å²) < 4.78 is 0. The van der Waals surface area contributed by atoms with Gasteiger partial charge in [0.2, 0.25) is 5.91 Å². The van der Waals surface area contributed by atoms with Crippen LogP contribution < -0.4 is 11.1 Å². The van der Waals surface area contributed by atoms with Crippen molar-refractivity contribution in [1.82, 2.24) is 4.90 Å². The highest BCUT2D eigenvalue weighted by Crippen LogP contribution is 2.19. The number of piperidine rings is 1. The lowest BCUT2D eigenvalue weighted by atomic mass is 9.99. The fourth-order valence-electron chi connectivity index (χ4n) is 3.02. The summed E-state index contributed by atoms with van der Waals surface area (Å²) in [5.41, 5.74) is 8.03. The van der Waals surface area contributed by atoms with E-state index in [9.17, 15) is 4.79 Å². The lowest BCUT2D eigenvalue weighted by Crippen LogP contribution is -2.36. The molecular formula is C19H33Cl2N3O. The normalized spacial score (nSPS) is 16.7. The number of hydrogen-bond acceptors (Lipinski definition) is 3. The van der Waals surface area contributed by atoms with E-state index in [1.165, 1.54) is 31.5 Å². The number of nitrogens with one attached hydrogen (secondary N) is 1. The van der Waals surface area contributed by atoms with Crippen molar-refractivity contribution in [2.24, 2.45) is 17.6 Å². The summed E-state index contributed by atoms with van der Waals surface area (Å²) >= 11 is 0. The molecule has 1 aromatic rings. The minimum absolute atomic E-state index is 0. The molecule has 1 aliphatic rings. The minimum Gasteiger partial charge on any atom is -0.325 e. The molecule has 6 heteroatoms. The number of carbonyl (C=O) groups is 1. The number of likely N-dealkylation sites (tertiary alicyclic amines) is 1. The van der Waals surface area contributed by atoms with E-state index in [2.05, 4.69) is 43.1 Å². The van der Waals surface area contributed by atoms with Crippen LogP contribution in [0.2, 0.25) is 0 Å². The number of amides is 1. The van der Waals surface area contributed by atoms with Crippen LogP contribution in [0, 0.1) is 11.8 Å². The summed E-state index contributed by atoms with van der Waals surface area (Å²) in [5, 5.41) is 2.91. The second-order valence-corrected chi connectivity index (χ2v) is 7.38. The zero-order valence-electron chi connectivity index (χ0n) is 15.5. The van der Waals surface area contributed by atoms with Crippen LogP contribution in [0.3, 0.4) is 0 Å². The van der Waals surface area contributed by atoms with Crippen molar-refractivity contribution in [3.8, 4) is 0 Å². The molecule has 0 saturated carbocycles. The fraction of sp³-hybridized carbons (Fsp3) is 0.632. The van der Waals surface area contributed by atoms with Crippen molar-refractivity contribution in [3.63, 3.8) is 0 Å². The summed E-state index contributed by atoms with van der Waals surface area (Å²) in [6.45, 7) is 9.84. The molecule has 4 nitrogen and oxygen atoms in total.